The second kappa shape index (κ2) is 29.6. The number of rotatable bonds is 0. The first-order chi connectivity index (χ1) is 7.50. The van der Waals surface area contributed by atoms with Gasteiger partial charge in [-0.1, -0.05) is 24.3 Å². The van der Waals surface area contributed by atoms with E-state index in [2.05, 4.69) is 32.6 Å². The van der Waals surface area contributed by atoms with Crippen LogP contribution in [0.4, 0.5) is 13.2 Å². The summed E-state index contributed by atoms with van der Waals surface area (Å²) in [5.74, 6) is 0. The van der Waals surface area contributed by atoms with Crippen LogP contribution in [-0.2, 0) is 47.7 Å². The molecule has 0 N–H and O–H groups in total. The van der Waals surface area contributed by atoms with E-state index in [0.717, 1.165) is 0 Å². The molecule has 0 saturated heterocycles. The average molecular weight is 434 g/mol. The first kappa shape index (κ1) is 30.0. The van der Waals surface area contributed by atoms with Gasteiger partial charge in [-0.15, -0.1) is 0 Å². The molecular formula is C9H5F3O3SW-. The van der Waals surface area contributed by atoms with Crippen LogP contribution >= 0.6 is 0 Å². The summed E-state index contributed by atoms with van der Waals surface area (Å²) in [5, 5.41) is 0. The Labute approximate surface area is 117 Å². The van der Waals surface area contributed by atoms with E-state index in [0.29, 0.717) is 0 Å². The van der Waals surface area contributed by atoms with Gasteiger partial charge < -0.3 is 12.6 Å². The van der Waals surface area contributed by atoms with Gasteiger partial charge in [-0.25, -0.2) is 0 Å². The largest absolute Gasteiger partial charge is 0.0767 e. The number of hydrogen-bond acceptors (Lipinski definition) is 1. The molecule has 93 valence electrons. The second-order valence-corrected chi connectivity index (χ2v) is 1.87. The van der Waals surface area contributed by atoms with Crippen molar-refractivity contribution in [1.82, 2.24) is 0 Å². The van der Waals surface area contributed by atoms with Gasteiger partial charge in [-0.05, 0) is 0 Å². The van der Waals surface area contributed by atoms with Crippen molar-refractivity contribution in [3.05, 3.63) is 50.7 Å². The summed E-state index contributed by atoms with van der Waals surface area (Å²) in [6.45, 7) is 13.5. The molecule has 0 unspecified atom stereocenters. The first-order valence-electron chi connectivity index (χ1n) is 3.05. The molecule has 17 heavy (non-hydrogen) atoms. The zero-order chi connectivity index (χ0) is 14.0. The Morgan fingerprint density at radius 3 is 1.00 bits per heavy atom. The molecule has 1 aliphatic carbocycles. The molecule has 0 aromatic heterocycles. The van der Waals surface area contributed by atoms with Crippen LogP contribution in [-0.4, -0.2) is 5.51 Å². The van der Waals surface area contributed by atoms with Gasteiger partial charge in [0.2, 0.25) is 0 Å². The fourth-order valence-corrected chi connectivity index (χ4v) is 0.321. The summed E-state index contributed by atoms with van der Waals surface area (Å²) in [4.78, 5) is 0. The van der Waals surface area contributed by atoms with E-state index in [1.807, 2.05) is 30.7 Å². The van der Waals surface area contributed by atoms with Crippen LogP contribution in [0, 0.1) is 26.4 Å². The third-order valence-corrected chi connectivity index (χ3v) is 0.556. The smallest absolute Gasteiger partial charge is 0.00506 e. The molecule has 0 amide bonds. The Balaban J connectivity index is -0.0000000380. The van der Waals surface area contributed by atoms with E-state index in [-0.39, 0.29) is 21.1 Å². The maximum Gasteiger partial charge on any atom is 0.00506 e. The van der Waals surface area contributed by atoms with E-state index in [4.69, 9.17) is 14.0 Å². The fourth-order valence-electron chi connectivity index (χ4n) is 0.321. The second-order valence-electron chi connectivity index (χ2n) is 1.41. The summed E-state index contributed by atoms with van der Waals surface area (Å²) >= 11 is 2.83. The van der Waals surface area contributed by atoms with Crippen molar-refractivity contribution in [3.63, 3.8) is 0 Å². The summed E-state index contributed by atoms with van der Waals surface area (Å²) in [7, 11) is 0. The Kier molecular flexibility index (Phi) is 52.2. The van der Waals surface area contributed by atoms with Crippen LogP contribution in [0.15, 0.2) is 24.3 Å². The standard InChI is InChI=1S/C5H5.CHF3S.3CO.W/c1-2-4-5-3-1;2-1(3,4)5;3*1-2;/h1-5H;5H;;;;/p-1. The topological polar surface area (TPSA) is 59.7 Å². The third kappa shape index (κ3) is 139. The van der Waals surface area contributed by atoms with Crippen LogP contribution in [0.1, 0.15) is 0 Å². The molecule has 0 aliphatic heterocycles. The molecule has 0 heterocycles. The number of allylic oxidation sites excluding steroid dienone is 4. The van der Waals surface area contributed by atoms with Crippen LogP contribution in [0.25, 0.3) is 0 Å². The monoisotopic (exact) mass is 434 g/mol. The summed E-state index contributed by atoms with van der Waals surface area (Å²) < 4.78 is 53.0. The molecule has 1 radical (unpaired) electrons. The Morgan fingerprint density at radius 2 is 0.941 bits per heavy atom. The zero-order valence-corrected chi connectivity index (χ0v) is 11.8. The number of hydrogen-bond donors (Lipinski definition) is 0. The number of halogens is 3. The molecule has 0 atom stereocenters. The van der Waals surface area contributed by atoms with Gasteiger partial charge in [0, 0.05) is 27.5 Å². The van der Waals surface area contributed by atoms with Crippen LogP contribution < -0.4 is 0 Å². The van der Waals surface area contributed by atoms with Crippen LogP contribution in [0.3, 0.4) is 0 Å². The normalized spacial score (nSPS) is 9.06. The van der Waals surface area contributed by atoms with Gasteiger partial charge in [0.05, 0.1) is 0 Å². The molecule has 3 nitrogen and oxygen atoms in total. The molecule has 1 aliphatic rings. The van der Waals surface area contributed by atoms with E-state index < -0.39 is 5.51 Å². The molecule has 0 saturated carbocycles. The molecule has 8 heteroatoms. The molecule has 1 rings (SSSR count). The molecule has 0 aromatic carbocycles. The predicted molar refractivity (Wildman–Crippen MR) is 47.8 cm³/mol. The van der Waals surface area contributed by atoms with Gasteiger partial charge in [0.25, 0.3) is 5.51 Å². The molecule has 0 fully saturated rings. The molecule has 0 spiro atoms. The Hall–Kier alpha value is -0.472. The van der Waals surface area contributed by atoms with Gasteiger partial charge >= 0.3 is 33.9 Å². The maximum atomic E-state index is 10.2. The minimum atomic E-state index is -4.42. The maximum absolute atomic E-state index is 10.2. The van der Waals surface area contributed by atoms with Crippen molar-refractivity contribution in [3.8, 4) is 0 Å². The van der Waals surface area contributed by atoms with E-state index in [1.54, 1.807) is 0 Å². The average Bonchev–Trinajstić information content (AvgIpc) is 2.82. The molecule has 0 bridgehead atoms. The Bertz CT molecular complexity index is 214. The first-order valence-corrected chi connectivity index (χ1v) is 3.46. The minimum absolute atomic E-state index is 0. The molecular weight excluding hydrogens is 429 g/mol. The van der Waals surface area contributed by atoms with Crippen molar-refractivity contribution < 1.29 is 48.2 Å². The van der Waals surface area contributed by atoms with Crippen LogP contribution in [0.2, 0.25) is 0 Å². The summed E-state index contributed by atoms with van der Waals surface area (Å²) in [5.41, 5.74) is -4.42. The van der Waals surface area contributed by atoms with E-state index >= 15 is 0 Å². The summed E-state index contributed by atoms with van der Waals surface area (Å²) in [6, 6.07) is 0. The number of alkyl halides is 3. The fraction of sp³-hybridized carbons (Fsp3) is 0.111. The van der Waals surface area contributed by atoms with E-state index in [9.17, 15) is 13.2 Å². The zero-order valence-electron chi connectivity index (χ0n) is 8.06. The van der Waals surface area contributed by atoms with Crippen molar-refractivity contribution >= 4 is 12.6 Å². The third-order valence-electron chi connectivity index (χ3n) is 0.556. The predicted octanol–water partition coefficient (Wildman–Crippen LogP) is 2.25. The van der Waals surface area contributed by atoms with Gasteiger partial charge in [0.1, 0.15) is 0 Å². The van der Waals surface area contributed by atoms with Gasteiger partial charge in [-0.3, -0.25) is 0 Å². The van der Waals surface area contributed by atoms with Crippen molar-refractivity contribution in [2.75, 3.05) is 0 Å². The van der Waals surface area contributed by atoms with Crippen molar-refractivity contribution in [1.29, 1.82) is 0 Å². The van der Waals surface area contributed by atoms with Crippen molar-refractivity contribution in [2.45, 2.75) is 5.51 Å². The minimum Gasteiger partial charge on any atom is -0.0767 e. The Morgan fingerprint density at radius 1 is 0.765 bits per heavy atom. The SMILES string of the molecule is FC(F)(F)[S-].[C-]#[O+].[C-]#[O+].[C-]#[O+].[CH]1C=CC=C1.[W]. The van der Waals surface area contributed by atoms with Crippen LogP contribution in [0.5, 0.6) is 0 Å². The van der Waals surface area contributed by atoms with E-state index in [1.165, 1.54) is 0 Å². The van der Waals surface area contributed by atoms with Crippen molar-refractivity contribution in [2.24, 2.45) is 0 Å². The summed E-state index contributed by atoms with van der Waals surface area (Å²) in [6.07, 6.45) is 10.0. The van der Waals surface area contributed by atoms with Gasteiger partial charge in [-0.2, -0.15) is 13.2 Å². The van der Waals surface area contributed by atoms with Gasteiger partial charge in [0.15, 0.2) is 0 Å². The molecule has 0 aromatic rings. The quantitative estimate of drug-likeness (QED) is 0.328.